The van der Waals surface area contributed by atoms with Crippen LogP contribution in [0.2, 0.25) is 0 Å². The molecule has 0 fully saturated rings. The lowest BCUT2D eigenvalue weighted by atomic mass is 9.98. The van der Waals surface area contributed by atoms with Gasteiger partial charge >= 0.3 is 0 Å². The Balaban J connectivity index is 1.19. The first-order chi connectivity index (χ1) is 23.5. The number of amides is 2. The van der Waals surface area contributed by atoms with Gasteiger partial charge in [-0.05, 0) is 71.8 Å². The summed E-state index contributed by atoms with van der Waals surface area (Å²) < 4.78 is 18.1. The predicted molar refractivity (Wildman–Crippen MR) is 183 cm³/mol. The summed E-state index contributed by atoms with van der Waals surface area (Å²) in [4.78, 5) is 26.5. The van der Waals surface area contributed by atoms with E-state index in [0.29, 0.717) is 23.2 Å². The number of thioether (sulfide) groups is 1. The number of hydrazone groups is 1. The van der Waals surface area contributed by atoms with Gasteiger partial charge in [0.2, 0.25) is 0 Å². The molecule has 5 aromatic rings. The van der Waals surface area contributed by atoms with Gasteiger partial charge in [0.1, 0.15) is 17.2 Å². The van der Waals surface area contributed by atoms with E-state index in [1.54, 1.807) is 31.4 Å². The molecule has 1 unspecified atom stereocenters. The van der Waals surface area contributed by atoms with Crippen molar-refractivity contribution in [2.45, 2.75) is 24.2 Å². The van der Waals surface area contributed by atoms with Crippen molar-refractivity contribution in [2.24, 2.45) is 5.10 Å². The summed E-state index contributed by atoms with van der Waals surface area (Å²) in [5.41, 5.74) is 3.47. The van der Waals surface area contributed by atoms with Crippen LogP contribution in [0.15, 0.2) is 119 Å². The normalized spacial score (nSPS) is 13.9. The van der Waals surface area contributed by atoms with Gasteiger partial charge < -0.3 is 19.5 Å². The smallest absolute Gasteiger partial charge is 0.258 e. The molecule has 48 heavy (non-hydrogen) atoms. The molecule has 1 aromatic heterocycles. The van der Waals surface area contributed by atoms with Gasteiger partial charge in [0.05, 0.1) is 38.3 Å². The average molecular weight is 663 g/mol. The third-order valence-electron chi connectivity index (χ3n) is 7.69. The molecule has 2 heterocycles. The molecule has 244 valence electrons. The van der Waals surface area contributed by atoms with Crippen molar-refractivity contribution in [1.82, 2.24) is 25.1 Å². The number of aromatic nitrogens is 3. The Hall–Kier alpha value is -5.62. The Morgan fingerprint density at radius 3 is 2.12 bits per heavy atom. The molecule has 0 bridgehead atoms. The maximum Gasteiger partial charge on any atom is 0.258 e. The average Bonchev–Trinajstić information content (AvgIpc) is 3.78. The predicted octanol–water partition coefficient (Wildman–Crippen LogP) is 5.45. The minimum atomic E-state index is -0.296. The number of hydrogen-bond acceptors (Lipinski definition) is 9. The quantitative estimate of drug-likeness (QED) is 0.165. The van der Waals surface area contributed by atoms with Crippen LogP contribution >= 0.6 is 11.8 Å². The number of carbonyl (C=O) groups is 2. The summed E-state index contributed by atoms with van der Waals surface area (Å²) in [6.45, 7) is -0.0155. The van der Waals surface area contributed by atoms with Gasteiger partial charge in [-0.2, -0.15) is 5.10 Å². The largest absolute Gasteiger partial charge is 0.497 e. The fourth-order valence-corrected chi connectivity index (χ4v) is 6.04. The van der Waals surface area contributed by atoms with Crippen molar-refractivity contribution in [2.75, 3.05) is 26.6 Å². The maximum atomic E-state index is 13.9. The van der Waals surface area contributed by atoms with Crippen molar-refractivity contribution in [3.8, 4) is 22.9 Å². The van der Waals surface area contributed by atoms with Crippen LogP contribution in [0, 0.1) is 0 Å². The fraction of sp³-hybridized carbons (Fsp3) is 0.194. The fourth-order valence-electron chi connectivity index (χ4n) is 5.22. The Kier molecular flexibility index (Phi) is 10.3. The van der Waals surface area contributed by atoms with Crippen molar-refractivity contribution in [1.29, 1.82) is 0 Å². The molecular formula is C36H34N6O5S. The molecule has 0 aliphatic carbocycles. The highest BCUT2D eigenvalue weighted by atomic mass is 32.2. The van der Waals surface area contributed by atoms with Gasteiger partial charge in [-0.15, -0.1) is 10.2 Å². The first-order valence-electron chi connectivity index (χ1n) is 15.3. The minimum absolute atomic E-state index is 0.0638. The zero-order chi connectivity index (χ0) is 33.3. The van der Waals surface area contributed by atoms with Crippen LogP contribution in [0.3, 0.4) is 0 Å². The van der Waals surface area contributed by atoms with E-state index in [1.165, 1.54) is 11.8 Å². The van der Waals surface area contributed by atoms with Crippen LogP contribution in [-0.2, 0) is 16.1 Å². The molecule has 0 spiro atoms. The molecule has 0 saturated carbocycles. The molecule has 1 atom stereocenters. The standard InChI is InChI=1S/C36H34N6O5S/c1-45-28-17-13-25(14-18-28)31-21-32(26-15-19-29(46-2)20-16-26)42(40-31)35(44)24-48-36-39-38-33(41(36)27-9-5-3-6-10-27)22-37-34(43)23-47-30-11-7-4-8-12-30/h3-20,32H,21-24H2,1-2H3,(H,37,43). The lowest BCUT2D eigenvalue weighted by molar-refractivity contribution is -0.130. The zero-order valence-electron chi connectivity index (χ0n) is 26.5. The van der Waals surface area contributed by atoms with Crippen LogP contribution < -0.4 is 19.5 Å². The summed E-state index contributed by atoms with van der Waals surface area (Å²) in [5, 5.41) is 18.5. The molecule has 6 rings (SSSR count). The van der Waals surface area contributed by atoms with Gasteiger partial charge in [0.15, 0.2) is 17.6 Å². The SMILES string of the molecule is COc1ccc(C2=NN(C(=O)CSc3nnc(CNC(=O)COc4ccccc4)n3-c3ccccc3)C(c3ccc(OC)cc3)C2)cc1. The van der Waals surface area contributed by atoms with E-state index in [9.17, 15) is 9.59 Å². The van der Waals surface area contributed by atoms with Gasteiger partial charge in [-0.1, -0.05) is 60.3 Å². The van der Waals surface area contributed by atoms with E-state index >= 15 is 0 Å². The molecular weight excluding hydrogens is 629 g/mol. The van der Waals surface area contributed by atoms with Gasteiger partial charge in [-0.25, -0.2) is 5.01 Å². The van der Waals surface area contributed by atoms with E-state index < -0.39 is 0 Å². The van der Waals surface area contributed by atoms with E-state index in [4.69, 9.17) is 19.3 Å². The molecule has 4 aromatic carbocycles. The number of ether oxygens (including phenoxy) is 3. The number of methoxy groups -OCH3 is 2. The molecule has 2 amide bonds. The molecule has 11 nitrogen and oxygen atoms in total. The molecule has 12 heteroatoms. The Labute approximate surface area is 282 Å². The van der Waals surface area contributed by atoms with E-state index in [-0.39, 0.29) is 36.8 Å². The minimum Gasteiger partial charge on any atom is -0.497 e. The van der Waals surface area contributed by atoms with E-state index in [2.05, 4.69) is 15.5 Å². The molecule has 1 N–H and O–H groups in total. The number of nitrogens with one attached hydrogen (secondary N) is 1. The van der Waals surface area contributed by atoms with Crippen molar-refractivity contribution in [3.63, 3.8) is 0 Å². The second-order valence-electron chi connectivity index (χ2n) is 10.7. The van der Waals surface area contributed by atoms with Crippen LogP contribution in [0.5, 0.6) is 17.2 Å². The van der Waals surface area contributed by atoms with Gasteiger partial charge in [0, 0.05) is 12.1 Å². The Morgan fingerprint density at radius 1 is 0.812 bits per heavy atom. The first kappa shape index (κ1) is 32.3. The van der Waals surface area contributed by atoms with Gasteiger partial charge in [-0.3, -0.25) is 14.2 Å². The number of hydrogen-bond donors (Lipinski definition) is 1. The lowest BCUT2D eigenvalue weighted by Crippen LogP contribution is -2.29. The number of nitrogens with zero attached hydrogens (tertiary/aromatic N) is 5. The second-order valence-corrected chi connectivity index (χ2v) is 11.7. The highest BCUT2D eigenvalue weighted by Crippen LogP contribution is 2.35. The first-order valence-corrected chi connectivity index (χ1v) is 16.3. The second kappa shape index (κ2) is 15.3. The molecule has 0 saturated heterocycles. The monoisotopic (exact) mass is 662 g/mol. The van der Waals surface area contributed by atoms with Crippen LogP contribution in [0.1, 0.15) is 29.4 Å². The number of benzene rings is 4. The summed E-state index contributed by atoms with van der Waals surface area (Å²) in [7, 11) is 3.25. The highest BCUT2D eigenvalue weighted by molar-refractivity contribution is 7.99. The van der Waals surface area contributed by atoms with E-state index in [1.807, 2.05) is 102 Å². The van der Waals surface area contributed by atoms with E-state index in [0.717, 1.165) is 34.0 Å². The van der Waals surface area contributed by atoms with Crippen LogP contribution in [0.25, 0.3) is 5.69 Å². The topological polar surface area (TPSA) is 120 Å². The summed E-state index contributed by atoms with van der Waals surface area (Å²) in [5.74, 6) is 2.19. The van der Waals surface area contributed by atoms with Crippen LogP contribution in [-0.4, -0.2) is 63.9 Å². The summed E-state index contributed by atoms with van der Waals surface area (Å²) in [6, 6.07) is 33.8. The van der Waals surface area contributed by atoms with Crippen molar-refractivity contribution in [3.05, 3.63) is 126 Å². The lowest BCUT2D eigenvalue weighted by Gasteiger charge is -2.22. The number of para-hydroxylation sites is 2. The molecule has 1 aliphatic heterocycles. The van der Waals surface area contributed by atoms with Gasteiger partial charge in [0.25, 0.3) is 11.8 Å². The van der Waals surface area contributed by atoms with Crippen molar-refractivity contribution < 1.29 is 23.8 Å². The number of carbonyl (C=O) groups excluding carboxylic acids is 2. The molecule has 1 aliphatic rings. The maximum absolute atomic E-state index is 13.9. The summed E-state index contributed by atoms with van der Waals surface area (Å²) >= 11 is 1.26. The molecule has 0 radical (unpaired) electrons. The number of rotatable bonds is 13. The van der Waals surface area contributed by atoms with Crippen LogP contribution in [0.4, 0.5) is 0 Å². The Morgan fingerprint density at radius 2 is 1.46 bits per heavy atom. The third-order valence-corrected chi connectivity index (χ3v) is 8.60. The summed E-state index contributed by atoms with van der Waals surface area (Å²) in [6.07, 6.45) is 0.549. The Bertz CT molecular complexity index is 1870. The third kappa shape index (κ3) is 7.67. The van der Waals surface area contributed by atoms with Crippen molar-refractivity contribution >= 4 is 29.3 Å². The zero-order valence-corrected chi connectivity index (χ0v) is 27.3. The highest BCUT2D eigenvalue weighted by Gasteiger charge is 2.33.